The fourth-order valence-corrected chi connectivity index (χ4v) is 6.61. The molecule has 0 spiro atoms. The van der Waals surface area contributed by atoms with Crippen molar-refractivity contribution in [3.05, 3.63) is 35.0 Å². The van der Waals surface area contributed by atoms with Crippen molar-refractivity contribution >= 4 is 75.2 Å². The zero-order valence-corrected chi connectivity index (χ0v) is 24.0. The van der Waals surface area contributed by atoms with Crippen LogP contribution in [-0.2, 0) is 35.4 Å². The van der Waals surface area contributed by atoms with E-state index in [1.54, 1.807) is 0 Å². The molecular weight excluding hydrogens is 616 g/mol. The smallest absolute Gasteiger partial charge is 0.355 e. The normalized spacial score (nSPS) is 18.7. The number of nitrogens with one attached hydrogen (secondary N) is 1. The lowest BCUT2D eigenvalue weighted by molar-refractivity contribution is -0.150. The van der Waals surface area contributed by atoms with Crippen LogP contribution in [0.15, 0.2) is 44.8 Å². The average molecular weight is 639 g/mol. The van der Waals surface area contributed by atoms with Gasteiger partial charge >= 0.3 is 11.9 Å². The number of anilines is 1. The number of nitrogens with zero attached hydrogens (tertiary/aromatic N) is 8. The predicted molar refractivity (Wildman–Crippen MR) is 150 cm³/mol. The van der Waals surface area contributed by atoms with Crippen molar-refractivity contribution in [2.24, 2.45) is 10.3 Å². The standard InChI is InChI=1S/C21H22N10O8S3/c1-3-4-39-27-12(11-8-41-20(22)23-11)15(32)24-13-16(33)31-14(19(36)37)9(6-40-17(13)31)7-42-21-25-28-29-30(21)5-10(18(34)35)26-38-2/h3,8,13,17H,1,4-7H2,2H3,(H2,22,23)(H,24,32)(H,34,35)(H,36,37)/b26-10+,27-12-/t13?,17-/m1/s1. The second-order valence-corrected chi connectivity index (χ2v) is 11.1. The molecule has 2 atom stereocenters. The molecule has 0 saturated carbocycles. The summed E-state index contributed by atoms with van der Waals surface area (Å²) in [5.41, 5.74) is 5.45. The van der Waals surface area contributed by atoms with E-state index in [0.717, 1.165) is 28.0 Å². The van der Waals surface area contributed by atoms with Gasteiger partial charge in [0.05, 0.1) is 6.54 Å². The highest BCUT2D eigenvalue weighted by molar-refractivity contribution is 8.01. The molecule has 1 fully saturated rings. The summed E-state index contributed by atoms with van der Waals surface area (Å²) >= 11 is 3.39. The number of nitrogens with two attached hydrogens (primary N) is 1. The number of aliphatic carboxylic acids is 2. The number of nitrogen functional groups attached to an aromatic ring is 1. The minimum atomic E-state index is -1.33. The Labute approximate surface area is 248 Å². The van der Waals surface area contributed by atoms with Crippen LogP contribution in [0.2, 0.25) is 0 Å². The number of β-lactam (4-membered cyclic amide) rings is 1. The molecule has 2 aliphatic rings. The van der Waals surface area contributed by atoms with Gasteiger partial charge in [-0.1, -0.05) is 34.7 Å². The van der Waals surface area contributed by atoms with Gasteiger partial charge in [0, 0.05) is 16.9 Å². The molecule has 2 aliphatic heterocycles. The van der Waals surface area contributed by atoms with E-state index in [1.807, 2.05) is 0 Å². The maximum absolute atomic E-state index is 13.1. The highest BCUT2D eigenvalue weighted by Crippen LogP contribution is 2.41. The molecule has 1 saturated heterocycles. The third kappa shape index (κ3) is 6.52. The van der Waals surface area contributed by atoms with Gasteiger partial charge in [-0.25, -0.2) is 19.3 Å². The third-order valence-electron chi connectivity index (χ3n) is 5.49. The van der Waals surface area contributed by atoms with Crippen molar-refractivity contribution < 1.29 is 39.1 Å². The fraction of sp³-hybridized carbons (Fsp3) is 0.333. The third-order valence-corrected chi connectivity index (χ3v) is 8.54. The quantitative estimate of drug-likeness (QED) is 0.0495. The number of carbonyl (C=O) groups excluding carboxylic acids is 2. The molecule has 222 valence electrons. The number of fused-ring (bicyclic) bond motifs is 1. The number of hydrogen-bond acceptors (Lipinski definition) is 16. The summed E-state index contributed by atoms with van der Waals surface area (Å²) in [5.74, 6) is -3.74. The van der Waals surface area contributed by atoms with Crippen molar-refractivity contribution in [1.82, 2.24) is 35.4 Å². The van der Waals surface area contributed by atoms with Gasteiger partial charge in [0.1, 0.15) is 36.5 Å². The van der Waals surface area contributed by atoms with Crippen LogP contribution < -0.4 is 11.1 Å². The summed E-state index contributed by atoms with van der Waals surface area (Å²) in [5, 5.41) is 41.4. The first-order chi connectivity index (χ1) is 20.2. The van der Waals surface area contributed by atoms with E-state index in [2.05, 4.69) is 47.6 Å². The minimum absolute atomic E-state index is 0.0202. The number of oxime groups is 2. The number of thiazole rings is 1. The molecule has 0 aliphatic carbocycles. The molecule has 4 rings (SSSR count). The van der Waals surface area contributed by atoms with E-state index < -0.39 is 35.2 Å². The van der Waals surface area contributed by atoms with E-state index in [9.17, 15) is 29.4 Å². The molecule has 42 heavy (non-hydrogen) atoms. The molecule has 0 bridgehead atoms. The molecular formula is C21H22N10O8S3. The van der Waals surface area contributed by atoms with Gasteiger partial charge in [-0.2, -0.15) is 0 Å². The van der Waals surface area contributed by atoms with Crippen LogP contribution in [0.5, 0.6) is 0 Å². The Bertz CT molecular complexity index is 1500. The van der Waals surface area contributed by atoms with Gasteiger partial charge in [0.25, 0.3) is 11.8 Å². The zero-order chi connectivity index (χ0) is 30.4. The number of thioether (sulfide) groups is 2. The summed E-state index contributed by atoms with van der Waals surface area (Å²) in [6, 6.07) is -1.03. The van der Waals surface area contributed by atoms with Gasteiger partial charge in [-0.3, -0.25) is 14.5 Å². The lowest BCUT2D eigenvalue weighted by Gasteiger charge is -2.49. The van der Waals surface area contributed by atoms with Crippen molar-refractivity contribution in [1.29, 1.82) is 0 Å². The van der Waals surface area contributed by atoms with Gasteiger partial charge in [-0.15, -0.1) is 28.2 Å². The summed E-state index contributed by atoms with van der Waals surface area (Å²) in [7, 11) is 1.20. The van der Waals surface area contributed by atoms with E-state index in [0.29, 0.717) is 5.57 Å². The number of carboxylic acid groups (broad SMARTS) is 2. The van der Waals surface area contributed by atoms with Crippen molar-refractivity contribution in [2.45, 2.75) is 23.1 Å². The van der Waals surface area contributed by atoms with Crippen molar-refractivity contribution in [3.63, 3.8) is 0 Å². The topological polar surface area (TPSA) is 250 Å². The Hall–Kier alpha value is -4.50. The number of rotatable bonds is 14. The van der Waals surface area contributed by atoms with Gasteiger partial charge in [0.2, 0.25) is 5.16 Å². The molecule has 4 heterocycles. The molecule has 2 aromatic heterocycles. The summed E-state index contributed by atoms with van der Waals surface area (Å²) in [6.07, 6.45) is 1.43. The first-order valence-electron chi connectivity index (χ1n) is 11.6. The lowest BCUT2D eigenvalue weighted by atomic mass is 10.0. The number of tetrazole rings is 1. The van der Waals surface area contributed by atoms with Gasteiger partial charge in [-0.05, 0) is 16.0 Å². The first-order valence-corrected chi connectivity index (χ1v) is 14.5. The van der Waals surface area contributed by atoms with Crippen LogP contribution >= 0.6 is 34.9 Å². The molecule has 2 amide bonds. The molecule has 0 aromatic carbocycles. The highest BCUT2D eigenvalue weighted by Gasteiger charge is 2.54. The highest BCUT2D eigenvalue weighted by atomic mass is 32.2. The molecule has 5 N–H and O–H groups in total. The minimum Gasteiger partial charge on any atom is -0.477 e. The van der Waals surface area contributed by atoms with E-state index in [1.165, 1.54) is 35.0 Å². The Morgan fingerprint density at radius 3 is 2.79 bits per heavy atom. The van der Waals surface area contributed by atoms with Crippen LogP contribution in [0.1, 0.15) is 5.69 Å². The predicted octanol–water partition coefficient (Wildman–Crippen LogP) is -0.764. The summed E-state index contributed by atoms with van der Waals surface area (Å²) in [4.78, 5) is 64.5. The largest absolute Gasteiger partial charge is 0.477 e. The number of carbonyl (C=O) groups is 4. The van der Waals surface area contributed by atoms with E-state index in [4.69, 9.17) is 10.6 Å². The zero-order valence-electron chi connectivity index (χ0n) is 21.6. The Kier molecular flexibility index (Phi) is 9.75. The molecule has 18 nitrogen and oxygen atoms in total. The van der Waals surface area contributed by atoms with E-state index in [-0.39, 0.29) is 57.8 Å². The van der Waals surface area contributed by atoms with Gasteiger partial charge < -0.3 is 30.9 Å². The summed E-state index contributed by atoms with van der Waals surface area (Å²) < 4.78 is 1.17. The van der Waals surface area contributed by atoms with Crippen LogP contribution in [-0.4, -0.2) is 112 Å². The first kappa shape index (κ1) is 30.5. The lowest BCUT2D eigenvalue weighted by Crippen LogP contribution is -2.71. The van der Waals surface area contributed by atoms with Crippen LogP contribution in [0.4, 0.5) is 5.13 Å². The van der Waals surface area contributed by atoms with Crippen LogP contribution in [0.25, 0.3) is 0 Å². The van der Waals surface area contributed by atoms with Crippen LogP contribution in [0, 0.1) is 0 Å². The molecule has 2 aromatic rings. The number of hydrogen-bond donors (Lipinski definition) is 4. The molecule has 1 unspecified atom stereocenters. The maximum Gasteiger partial charge on any atom is 0.355 e. The SMILES string of the molecule is C=CCO/N=C(\C(=O)NC1C(=O)N2C(C(=O)O)=C(CSc3nnnn3C/C(=N\OC)C(=O)O)CS[C@H]12)c1csc(N)n1. The number of carboxylic acids is 2. The number of aromatic nitrogens is 5. The maximum atomic E-state index is 13.1. The number of amides is 2. The molecule has 0 radical (unpaired) electrons. The van der Waals surface area contributed by atoms with Crippen molar-refractivity contribution in [3.8, 4) is 0 Å². The summed E-state index contributed by atoms with van der Waals surface area (Å²) in [6.45, 7) is 3.23. The monoisotopic (exact) mass is 638 g/mol. The Balaban J connectivity index is 1.47. The van der Waals surface area contributed by atoms with E-state index >= 15 is 0 Å². The Morgan fingerprint density at radius 2 is 2.14 bits per heavy atom. The average Bonchev–Trinajstić information content (AvgIpc) is 3.60. The molecule has 21 heteroatoms. The van der Waals surface area contributed by atoms with Crippen LogP contribution in [0.3, 0.4) is 0 Å². The van der Waals surface area contributed by atoms with Crippen molar-refractivity contribution in [2.75, 3.05) is 31.0 Å². The van der Waals surface area contributed by atoms with Gasteiger partial charge in [0.15, 0.2) is 16.6 Å². The Morgan fingerprint density at radius 1 is 1.36 bits per heavy atom. The fourth-order valence-electron chi connectivity index (χ4n) is 3.70. The second-order valence-electron chi connectivity index (χ2n) is 8.15. The second kappa shape index (κ2) is 13.4.